The summed E-state index contributed by atoms with van der Waals surface area (Å²) in [5.41, 5.74) is 1.99. The van der Waals surface area contributed by atoms with E-state index in [2.05, 4.69) is 10.6 Å². The van der Waals surface area contributed by atoms with Gasteiger partial charge in [0.05, 0.1) is 25.8 Å². The number of benzene rings is 2. The molecule has 0 aromatic heterocycles. The molecule has 0 bridgehead atoms. The highest BCUT2D eigenvalue weighted by Crippen LogP contribution is 2.36. The van der Waals surface area contributed by atoms with Gasteiger partial charge in [0, 0.05) is 43.5 Å². The van der Waals surface area contributed by atoms with Crippen LogP contribution >= 0.6 is 0 Å². The molecule has 0 spiro atoms. The minimum absolute atomic E-state index is 0.118. The highest BCUT2D eigenvalue weighted by atomic mass is 16.5. The molecule has 0 aliphatic carbocycles. The minimum atomic E-state index is -0.483. The number of rotatable bonds is 6. The molecule has 2 heterocycles. The summed E-state index contributed by atoms with van der Waals surface area (Å²) in [6.07, 6.45) is 0.118. The van der Waals surface area contributed by atoms with Gasteiger partial charge in [0.25, 0.3) is 0 Å². The summed E-state index contributed by atoms with van der Waals surface area (Å²) in [6, 6.07) is 12.2. The molecule has 2 aromatic rings. The molecular weight excluding hydrogens is 400 g/mol. The molecule has 4 amide bonds. The van der Waals surface area contributed by atoms with Gasteiger partial charge in [-0.05, 0) is 36.4 Å². The van der Waals surface area contributed by atoms with Crippen molar-refractivity contribution in [2.75, 3.05) is 49.0 Å². The van der Waals surface area contributed by atoms with Crippen LogP contribution in [0.1, 0.15) is 6.42 Å². The zero-order valence-electron chi connectivity index (χ0n) is 17.4. The zero-order valence-corrected chi connectivity index (χ0v) is 17.4. The van der Waals surface area contributed by atoms with Gasteiger partial charge in [-0.25, -0.2) is 4.79 Å². The third kappa shape index (κ3) is 4.11. The van der Waals surface area contributed by atoms with Crippen molar-refractivity contribution in [2.45, 2.75) is 6.42 Å². The highest BCUT2D eigenvalue weighted by molar-refractivity contribution is 6.04. The van der Waals surface area contributed by atoms with E-state index in [4.69, 9.17) is 9.47 Å². The van der Waals surface area contributed by atoms with Crippen LogP contribution in [0, 0.1) is 5.92 Å². The minimum Gasteiger partial charge on any atom is -0.497 e. The van der Waals surface area contributed by atoms with Crippen molar-refractivity contribution in [2.24, 2.45) is 5.92 Å². The highest BCUT2D eigenvalue weighted by Gasteiger charge is 2.36. The molecule has 0 saturated carbocycles. The number of amides is 4. The van der Waals surface area contributed by atoms with Crippen LogP contribution in [0.3, 0.4) is 0 Å². The molecule has 9 heteroatoms. The molecule has 9 nitrogen and oxygen atoms in total. The van der Waals surface area contributed by atoms with Crippen molar-refractivity contribution in [3.8, 4) is 11.5 Å². The van der Waals surface area contributed by atoms with Gasteiger partial charge in [-0.15, -0.1) is 0 Å². The third-order valence-corrected chi connectivity index (χ3v) is 5.48. The number of carbonyl (C=O) groups excluding carboxylic acids is 3. The largest absolute Gasteiger partial charge is 0.497 e. The third-order valence-electron chi connectivity index (χ3n) is 5.48. The van der Waals surface area contributed by atoms with E-state index in [1.165, 1.54) is 7.11 Å². The van der Waals surface area contributed by atoms with E-state index in [0.29, 0.717) is 36.0 Å². The van der Waals surface area contributed by atoms with E-state index in [1.54, 1.807) is 59.4 Å². The summed E-state index contributed by atoms with van der Waals surface area (Å²) in [5.74, 6) is 0.282. The lowest BCUT2D eigenvalue weighted by Gasteiger charge is -2.20. The second-order valence-electron chi connectivity index (χ2n) is 7.36. The normalized spacial score (nSPS) is 18.2. The van der Waals surface area contributed by atoms with Crippen LogP contribution in [0.4, 0.5) is 21.9 Å². The Balaban J connectivity index is 1.42. The first kappa shape index (κ1) is 20.5. The second kappa shape index (κ2) is 8.55. The van der Waals surface area contributed by atoms with Crippen LogP contribution in [0.25, 0.3) is 0 Å². The number of anilines is 3. The van der Waals surface area contributed by atoms with Crippen LogP contribution in [0.5, 0.6) is 11.5 Å². The number of urea groups is 1. The maximum Gasteiger partial charge on any atom is 0.321 e. The molecule has 2 aliphatic rings. The van der Waals surface area contributed by atoms with Gasteiger partial charge in [0.1, 0.15) is 11.5 Å². The van der Waals surface area contributed by atoms with Crippen molar-refractivity contribution in [1.82, 2.24) is 5.32 Å². The Bertz CT molecular complexity index is 1010. The Morgan fingerprint density at radius 1 is 1.06 bits per heavy atom. The predicted molar refractivity (Wildman–Crippen MR) is 116 cm³/mol. The van der Waals surface area contributed by atoms with Crippen molar-refractivity contribution in [1.29, 1.82) is 0 Å². The van der Waals surface area contributed by atoms with Gasteiger partial charge >= 0.3 is 6.03 Å². The number of methoxy groups -OCH3 is 2. The summed E-state index contributed by atoms with van der Waals surface area (Å²) in [5, 5.41) is 5.62. The quantitative estimate of drug-likeness (QED) is 0.741. The van der Waals surface area contributed by atoms with Gasteiger partial charge in [0.2, 0.25) is 11.8 Å². The molecular formula is C22H24N4O5. The van der Waals surface area contributed by atoms with E-state index in [0.717, 1.165) is 5.69 Å². The summed E-state index contributed by atoms with van der Waals surface area (Å²) in [4.78, 5) is 40.3. The molecule has 2 fully saturated rings. The van der Waals surface area contributed by atoms with E-state index in [1.807, 2.05) is 0 Å². The number of hydrogen-bond donors (Lipinski definition) is 2. The molecule has 2 aromatic carbocycles. The number of nitrogens with one attached hydrogen (secondary N) is 2. The molecule has 1 unspecified atom stereocenters. The van der Waals surface area contributed by atoms with E-state index in [-0.39, 0.29) is 30.8 Å². The number of carbonyl (C=O) groups is 3. The van der Waals surface area contributed by atoms with E-state index >= 15 is 0 Å². The maximum absolute atomic E-state index is 12.8. The Labute approximate surface area is 179 Å². The van der Waals surface area contributed by atoms with E-state index in [9.17, 15) is 14.4 Å². The average molecular weight is 424 g/mol. The fourth-order valence-corrected chi connectivity index (χ4v) is 3.81. The Morgan fingerprint density at radius 3 is 2.48 bits per heavy atom. The SMILES string of the molecule is COc1ccc(N2CC(C(=O)Nc3ccc(N4CCNC4=O)cc3)CC2=O)c(OC)c1. The van der Waals surface area contributed by atoms with Gasteiger partial charge in [-0.1, -0.05) is 0 Å². The topological polar surface area (TPSA) is 100 Å². The zero-order chi connectivity index (χ0) is 22.0. The number of hydrogen-bond acceptors (Lipinski definition) is 5. The first-order valence-corrected chi connectivity index (χ1v) is 9.99. The van der Waals surface area contributed by atoms with Crippen LogP contribution in [-0.2, 0) is 9.59 Å². The summed E-state index contributed by atoms with van der Waals surface area (Å²) in [6.45, 7) is 1.49. The molecule has 1 atom stereocenters. The standard InChI is InChI=1S/C22H24N4O5/c1-30-17-7-8-18(19(12-17)31-2)26-13-14(11-20(26)27)21(28)24-15-3-5-16(6-4-15)25-10-9-23-22(25)29/h3-8,12,14H,9-11,13H2,1-2H3,(H,23,29)(H,24,28). The van der Waals surface area contributed by atoms with Gasteiger partial charge in [-0.3, -0.25) is 14.5 Å². The first-order valence-electron chi connectivity index (χ1n) is 9.99. The summed E-state index contributed by atoms with van der Waals surface area (Å²) >= 11 is 0. The average Bonchev–Trinajstić information content (AvgIpc) is 3.39. The Hall–Kier alpha value is -3.75. The fraction of sp³-hybridized carbons (Fsp3) is 0.318. The molecule has 162 valence electrons. The fourth-order valence-electron chi connectivity index (χ4n) is 3.81. The second-order valence-corrected chi connectivity index (χ2v) is 7.36. The predicted octanol–water partition coefficient (Wildman–Crippen LogP) is 2.23. The van der Waals surface area contributed by atoms with Crippen molar-refractivity contribution >= 4 is 34.9 Å². The molecule has 0 radical (unpaired) electrons. The lowest BCUT2D eigenvalue weighted by molar-refractivity contribution is -0.122. The summed E-state index contributed by atoms with van der Waals surface area (Å²) in [7, 11) is 3.08. The lowest BCUT2D eigenvalue weighted by atomic mass is 10.1. The first-order chi connectivity index (χ1) is 15.0. The Kier molecular flexibility index (Phi) is 5.66. The Morgan fingerprint density at radius 2 is 1.84 bits per heavy atom. The number of nitrogens with zero attached hydrogens (tertiary/aromatic N) is 2. The van der Waals surface area contributed by atoms with Gasteiger partial charge in [-0.2, -0.15) is 0 Å². The van der Waals surface area contributed by atoms with Crippen molar-refractivity contribution < 1.29 is 23.9 Å². The van der Waals surface area contributed by atoms with Crippen LogP contribution in [-0.4, -0.2) is 51.7 Å². The number of ether oxygens (including phenoxy) is 2. The van der Waals surface area contributed by atoms with Crippen LogP contribution in [0.15, 0.2) is 42.5 Å². The molecule has 2 saturated heterocycles. The molecule has 2 aliphatic heterocycles. The lowest BCUT2D eigenvalue weighted by Crippen LogP contribution is -2.28. The molecule has 4 rings (SSSR count). The van der Waals surface area contributed by atoms with Gasteiger partial charge < -0.3 is 25.0 Å². The molecule has 31 heavy (non-hydrogen) atoms. The van der Waals surface area contributed by atoms with E-state index < -0.39 is 5.92 Å². The van der Waals surface area contributed by atoms with Crippen LogP contribution in [0.2, 0.25) is 0 Å². The van der Waals surface area contributed by atoms with Crippen LogP contribution < -0.4 is 29.9 Å². The van der Waals surface area contributed by atoms with Crippen molar-refractivity contribution in [3.63, 3.8) is 0 Å². The summed E-state index contributed by atoms with van der Waals surface area (Å²) < 4.78 is 10.6. The van der Waals surface area contributed by atoms with Gasteiger partial charge in [0.15, 0.2) is 0 Å². The smallest absolute Gasteiger partial charge is 0.321 e. The van der Waals surface area contributed by atoms with Crippen molar-refractivity contribution in [3.05, 3.63) is 42.5 Å². The monoisotopic (exact) mass is 424 g/mol. The maximum atomic E-state index is 12.8. The molecule has 2 N–H and O–H groups in total.